The number of carbonyl (C=O) groups is 1. The monoisotopic (exact) mass is 470 g/mol. The van der Waals surface area contributed by atoms with E-state index in [9.17, 15) is 9.59 Å². The van der Waals surface area contributed by atoms with Gasteiger partial charge < -0.3 is 4.90 Å². The van der Waals surface area contributed by atoms with Crippen LogP contribution in [0.2, 0.25) is 0 Å². The highest BCUT2D eigenvalue weighted by Crippen LogP contribution is 2.34. The van der Waals surface area contributed by atoms with Gasteiger partial charge in [0.05, 0.1) is 10.5 Å². The number of anilines is 1. The number of thiocarbonyl (C=S) groups is 1. The van der Waals surface area contributed by atoms with Crippen LogP contribution in [0.4, 0.5) is 5.82 Å². The van der Waals surface area contributed by atoms with E-state index in [1.807, 2.05) is 19.1 Å². The first-order chi connectivity index (χ1) is 15.3. The summed E-state index contributed by atoms with van der Waals surface area (Å²) in [5.74, 6) is 1.57. The van der Waals surface area contributed by atoms with E-state index < -0.39 is 0 Å². The van der Waals surface area contributed by atoms with Gasteiger partial charge >= 0.3 is 0 Å². The number of amides is 1. The van der Waals surface area contributed by atoms with Crippen LogP contribution in [-0.4, -0.2) is 44.1 Å². The van der Waals surface area contributed by atoms with Crippen LogP contribution < -0.4 is 10.5 Å². The number of nitrogens with zero attached hydrogens (tertiary/aromatic N) is 4. The molecule has 2 aliphatic rings. The van der Waals surface area contributed by atoms with E-state index in [0.29, 0.717) is 44.6 Å². The van der Waals surface area contributed by atoms with Gasteiger partial charge in [0.15, 0.2) is 0 Å². The second-order valence-corrected chi connectivity index (χ2v) is 10.8. The molecule has 4 heterocycles. The highest BCUT2D eigenvalue weighted by molar-refractivity contribution is 8.26. The van der Waals surface area contributed by atoms with Crippen molar-refractivity contribution in [2.75, 3.05) is 24.5 Å². The van der Waals surface area contributed by atoms with E-state index in [2.05, 4.69) is 25.7 Å². The molecule has 0 N–H and O–H groups in total. The van der Waals surface area contributed by atoms with Crippen LogP contribution in [0.25, 0.3) is 11.7 Å². The maximum atomic E-state index is 13.6. The van der Waals surface area contributed by atoms with Crippen molar-refractivity contribution < 1.29 is 4.79 Å². The summed E-state index contributed by atoms with van der Waals surface area (Å²) in [4.78, 5) is 36.0. The van der Waals surface area contributed by atoms with Crippen LogP contribution in [-0.2, 0) is 4.79 Å². The number of unbranched alkanes of at least 4 members (excludes halogenated alkanes) is 1. The Morgan fingerprint density at radius 3 is 2.66 bits per heavy atom. The molecule has 32 heavy (non-hydrogen) atoms. The second kappa shape index (κ2) is 9.35. The standard InChI is InChI=1S/C24H30N4O2S2/c1-5-6-9-28-23(30)19(32-24(28)31)12-18-21(26-13-15(2)11-16(3)14-26)25-20-17(4)8-7-10-27(20)22(18)29/h7-8,10,12,15-16H,5-6,9,11,13-14H2,1-4H3/b19-12-. The van der Waals surface area contributed by atoms with Crippen LogP contribution in [0.1, 0.15) is 51.2 Å². The molecule has 0 spiro atoms. The van der Waals surface area contributed by atoms with E-state index in [0.717, 1.165) is 37.9 Å². The van der Waals surface area contributed by atoms with Gasteiger partial charge in [0.2, 0.25) is 0 Å². The number of rotatable bonds is 5. The smallest absolute Gasteiger partial charge is 0.267 e. The third-order valence-electron chi connectivity index (χ3n) is 6.12. The lowest BCUT2D eigenvalue weighted by Gasteiger charge is -2.36. The van der Waals surface area contributed by atoms with Crippen LogP contribution in [0.3, 0.4) is 0 Å². The second-order valence-electron chi connectivity index (χ2n) is 9.08. The van der Waals surface area contributed by atoms with Crippen molar-refractivity contribution in [3.63, 3.8) is 0 Å². The zero-order valence-corrected chi connectivity index (χ0v) is 20.8. The van der Waals surface area contributed by atoms with Gasteiger partial charge in [-0.3, -0.25) is 18.9 Å². The Balaban J connectivity index is 1.85. The van der Waals surface area contributed by atoms with Crippen LogP contribution in [0, 0.1) is 18.8 Å². The molecule has 1 amide bonds. The number of piperidine rings is 1. The molecular formula is C24H30N4O2S2. The Morgan fingerprint density at radius 1 is 1.25 bits per heavy atom. The Hall–Kier alpha value is -2.19. The largest absolute Gasteiger partial charge is 0.355 e. The summed E-state index contributed by atoms with van der Waals surface area (Å²) in [6.45, 7) is 10.8. The number of aryl methyl sites for hydroxylation is 1. The van der Waals surface area contributed by atoms with Gasteiger partial charge in [-0.1, -0.05) is 57.2 Å². The normalized spacial score (nSPS) is 23.1. The van der Waals surface area contributed by atoms with Gasteiger partial charge in [-0.15, -0.1) is 0 Å². The molecule has 0 radical (unpaired) electrons. The summed E-state index contributed by atoms with van der Waals surface area (Å²) in [6.07, 6.45) is 6.50. The van der Waals surface area contributed by atoms with E-state index in [1.165, 1.54) is 11.8 Å². The molecule has 4 rings (SSSR count). The number of hydrogen-bond donors (Lipinski definition) is 0. The number of fused-ring (bicyclic) bond motifs is 1. The lowest BCUT2D eigenvalue weighted by atomic mass is 9.91. The molecule has 2 fully saturated rings. The highest BCUT2D eigenvalue weighted by atomic mass is 32.2. The van der Waals surface area contributed by atoms with Crippen molar-refractivity contribution in [2.24, 2.45) is 11.8 Å². The summed E-state index contributed by atoms with van der Waals surface area (Å²) in [6, 6.07) is 3.82. The summed E-state index contributed by atoms with van der Waals surface area (Å²) in [5, 5.41) is 0. The summed E-state index contributed by atoms with van der Waals surface area (Å²) in [7, 11) is 0. The van der Waals surface area contributed by atoms with Gasteiger partial charge in [0, 0.05) is 25.8 Å². The molecular weight excluding hydrogens is 440 g/mol. The Morgan fingerprint density at radius 2 is 1.97 bits per heavy atom. The average molecular weight is 471 g/mol. The van der Waals surface area contributed by atoms with Gasteiger partial charge in [0.25, 0.3) is 11.5 Å². The van der Waals surface area contributed by atoms with Crippen molar-refractivity contribution in [3.8, 4) is 0 Å². The average Bonchev–Trinajstić information content (AvgIpc) is 3.00. The van der Waals surface area contributed by atoms with E-state index in [1.54, 1.807) is 21.6 Å². The molecule has 0 bridgehead atoms. The molecule has 2 atom stereocenters. The first kappa shape index (κ1) is 23.0. The Kier molecular flexibility index (Phi) is 6.72. The van der Waals surface area contributed by atoms with Gasteiger partial charge in [-0.25, -0.2) is 4.98 Å². The molecule has 0 saturated carbocycles. The molecule has 2 saturated heterocycles. The molecule has 2 aliphatic heterocycles. The molecule has 170 valence electrons. The first-order valence-corrected chi connectivity index (χ1v) is 12.5. The van der Waals surface area contributed by atoms with Crippen molar-refractivity contribution in [1.82, 2.24) is 14.3 Å². The van der Waals surface area contributed by atoms with E-state index in [-0.39, 0.29) is 11.5 Å². The molecule has 8 heteroatoms. The number of hydrogen-bond acceptors (Lipinski definition) is 6. The third-order valence-corrected chi connectivity index (χ3v) is 7.49. The lowest BCUT2D eigenvalue weighted by Crippen LogP contribution is -2.40. The summed E-state index contributed by atoms with van der Waals surface area (Å²) < 4.78 is 2.14. The third kappa shape index (κ3) is 4.35. The Bertz CT molecular complexity index is 1150. The van der Waals surface area contributed by atoms with Gasteiger partial charge in [-0.2, -0.15) is 0 Å². The number of pyridine rings is 1. The highest BCUT2D eigenvalue weighted by Gasteiger charge is 2.33. The minimum Gasteiger partial charge on any atom is -0.355 e. The predicted molar refractivity (Wildman–Crippen MR) is 136 cm³/mol. The SMILES string of the molecule is CCCCN1C(=O)/C(=C/c2c(N3CC(C)CC(C)C3)nc3c(C)cccn3c2=O)SC1=S. The molecule has 2 aromatic rings. The van der Waals surface area contributed by atoms with E-state index >= 15 is 0 Å². The fraction of sp³-hybridized carbons (Fsp3) is 0.500. The Labute approximate surface area is 198 Å². The molecule has 0 aromatic carbocycles. The van der Waals surface area contributed by atoms with Crippen LogP contribution in [0.5, 0.6) is 0 Å². The summed E-state index contributed by atoms with van der Waals surface area (Å²) >= 11 is 6.73. The number of thioether (sulfide) groups is 1. The molecule has 6 nitrogen and oxygen atoms in total. The molecule has 2 unspecified atom stereocenters. The first-order valence-electron chi connectivity index (χ1n) is 11.3. The zero-order valence-electron chi connectivity index (χ0n) is 19.1. The molecule has 0 aliphatic carbocycles. The zero-order chi connectivity index (χ0) is 23.0. The predicted octanol–water partition coefficient (Wildman–Crippen LogP) is 4.49. The molecule has 2 aromatic heterocycles. The lowest BCUT2D eigenvalue weighted by molar-refractivity contribution is -0.122. The fourth-order valence-corrected chi connectivity index (χ4v) is 5.93. The minimum atomic E-state index is -0.154. The topological polar surface area (TPSA) is 57.9 Å². The number of aromatic nitrogens is 2. The quantitative estimate of drug-likeness (QED) is 0.474. The summed E-state index contributed by atoms with van der Waals surface area (Å²) in [5.41, 5.74) is 1.91. The fourth-order valence-electron chi connectivity index (χ4n) is 4.64. The maximum absolute atomic E-state index is 13.6. The van der Waals surface area contributed by atoms with Gasteiger partial charge in [0.1, 0.15) is 15.8 Å². The van der Waals surface area contributed by atoms with Crippen molar-refractivity contribution in [1.29, 1.82) is 0 Å². The van der Waals surface area contributed by atoms with Crippen molar-refractivity contribution in [2.45, 2.75) is 47.0 Å². The van der Waals surface area contributed by atoms with Crippen LogP contribution in [0.15, 0.2) is 28.0 Å². The van der Waals surface area contributed by atoms with Crippen molar-refractivity contribution in [3.05, 3.63) is 44.7 Å². The number of carbonyl (C=O) groups excluding carboxylic acids is 1. The van der Waals surface area contributed by atoms with E-state index in [4.69, 9.17) is 17.2 Å². The minimum absolute atomic E-state index is 0.117. The van der Waals surface area contributed by atoms with Gasteiger partial charge in [-0.05, 0) is 49.3 Å². The maximum Gasteiger partial charge on any atom is 0.267 e. The van der Waals surface area contributed by atoms with Crippen molar-refractivity contribution >= 4 is 51.7 Å². The van der Waals surface area contributed by atoms with Crippen LogP contribution >= 0.6 is 24.0 Å².